The monoisotopic (exact) mass is 262 g/mol. The molecule has 2 N–H and O–H groups in total. The molecule has 1 fully saturated rings. The molecular formula is C15H26N4. The molecule has 0 radical (unpaired) electrons. The fourth-order valence-corrected chi connectivity index (χ4v) is 3.11. The molecular weight excluding hydrogens is 236 g/mol. The number of rotatable bonds is 6. The van der Waals surface area contributed by atoms with Crippen LogP contribution in [0.15, 0.2) is 18.6 Å². The Balaban J connectivity index is 2.18. The molecule has 0 amide bonds. The Hall–Kier alpha value is -1.00. The Bertz CT molecular complexity index is 360. The quantitative estimate of drug-likeness (QED) is 0.855. The molecule has 1 aliphatic rings. The van der Waals surface area contributed by atoms with Crippen LogP contribution in [0.2, 0.25) is 0 Å². The molecule has 1 heterocycles. The highest BCUT2D eigenvalue weighted by Crippen LogP contribution is 2.30. The van der Waals surface area contributed by atoms with Gasteiger partial charge in [-0.3, -0.25) is 4.90 Å². The van der Waals surface area contributed by atoms with Crippen LogP contribution in [0, 0.1) is 5.92 Å². The van der Waals surface area contributed by atoms with E-state index in [9.17, 15) is 0 Å². The Morgan fingerprint density at radius 2 is 2.11 bits per heavy atom. The largest absolute Gasteiger partial charge is 0.329 e. The summed E-state index contributed by atoms with van der Waals surface area (Å²) in [6, 6.07) is 2.90. The van der Waals surface area contributed by atoms with E-state index in [4.69, 9.17) is 5.73 Å². The molecule has 1 unspecified atom stereocenters. The van der Waals surface area contributed by atoms with Crippen LogP contribution in [0.4, 0.5) is 0 Å². The third-order valence-electron chi connectivity index (χ3n) is 3.94. The van der Waals surface area contributed by atoms with E-state index in [0.29, 0.717) is 18.5 Å². The van der Waals surface area contributed by atoms with E-state index in [1.807, 2.05) is 12.3 Å². The Morgan fingerprint density at radius 3 is 2.63 bits per heavy atom. The first kappa shape index (κ1) is 14.4. The average molecular weight is 262 g/mol. The molecule has 1 saturated carbocycles. The maximum atomic E-state index is 6.05. The van der Waals surface area contributed by atoms with Gasteiger partial charge in [-0.15, -0.1) is 0 Å². The maximum Gasteiger partial charge on any atom is 0.115 e. The van der Waals surface area contributed by atoms with Crippen molar-refractivity contribution in [3.8, 4) is 0 Å². The van der Waals surface area contributed by atoms with E-state index >= 15 is 0 Å². The van der Waals surface area contributed by atoms with Crippen LogP contribution in [0.3, 0.4) is 0 Å². The van der Waals surface area contributed by atoms with Crippen LogP contribution < -0.4 is 5.73 Å². The van der Waals surface area contributed by atoms with Crippen molar-refractivity contribution in [1.29, 1.82) is 0 Å². The predicted molar refractivity (Wildman–Crippen MR) is 77.6 cm³/mol. The van der Waals surface area contributed by atoms with Crippen molar-refractivity contribution in [2.24, 2.45) is 11.7 Å². The van der Waals surface area contributed by atoms with Gasteiger partial charge in [-0.05, 0) is 24.8 Å². The van der Waals surface area contributed by atoms with E-state index in [-0.39, 0.29) is 6.04 Å². The van der Waals surface area contributed by atoms with Gasteiger partial charge in [0.1, 0.15) is 6.33 Å². The van der Waals surface area contributed by atoms with Gasteiger partial charge in [0, 0.05) is 25.3 Å². The van der Waals surface area contributed by atoms with Gasteiger partial charge in [0.2, 0.25) is 0 Å². The molecule has 1 aromatic rings. The molecule has 0 spiro atoms. The summed E-state index contributed by atoms with van der Waals surface area (Å²) in [7, 11) is 0. The molecule has 4 heteroatoms. The standard InChI is InChI=1S/C15H26N4/c1-12(2)10-19(13-5-3-4-6-13)15(9-16)14-7-8-17-11-18-14/h7-8,11-13,15H,3-6,9-10,16H2,1-2H3. The number of nitrogens with zero attached hydrogens (tertiary/aromatic N) is 3. The van der Waals surface area contributed by atoms with Crippen molar-refractivity contribution in [3.63, 3.8) is 0 Å². The smallest absolute Gasteiger partial charge is 0.115 e. The van der Waals surface area contributed by atoms with Gasteiger partial charge in [0.05, 0.1) is 11.7 Å². The lowest BCUT2D eigenvalue weighted by atomic mass is 10.0. The molecule has 1 aromatic heterocycles. The zero-order valence-corrected chi connectivity index (χ0v) is 12.1. The fourth-order valence-electron chi connectivity index (χ4n) is 3.11. The molecule has 1 aliphatic carbocycles. The second-order valence-corrected chi connectivity index (χ2v) is 5.91. The molecule has 0 aliphatic heterocycles. The maximum absolute atomic E-state index is 6.05. The minimum Gasteiger partial charge on any atom is -0.329 e. The van der Waals surface area contributed by atoms with Gasteiger partial charge in [-0.25, -0.2) is 9.97 Å². The first-order chi connectivity index (χ1) is 9.22. The van der Waals surface area contributed by atoms with Crippen LogP contribution in [0.5, 0.6) is 0 Å². The Kier molecular flexibility index (Phi) is 5.28. The minimum atomic E-state index is 0.230. The second-order valence-electron chi connectivity index (χ2n) is 5.91. The van der Waals surface area contributed by atoms with Crippen molar-refractivity contribution < 1.29 is 0 Å². The van der Waals surface area contributed by atoms with Crippen molar-refractivity contribution >= 4 is 0 Å². The normalized spacial score (nSPS) is 18.4. The van der Waals surface area contributed by atoms with Gasteiger partial charge >= 0.3 is 0 Å². The van der Waals surface area contributed by atoms with Crippen molar-refractivity contribution in [1.82, 2.24) is 14.9 Å². The first-order valence-electron chi connectivity index (χ1n) is 7.44. The second kappa shape index (κ2) is 6.96. The number of hydrogen-bond acceptors (Lipinski definition) is 4. The summed E-state index contributed by atoms with van der Waals surface area (Å²) in [5.41, 5.74) is 7.11. The Morgan fingerprint density at radius 1 is 1.37 bits per heavy atom. The van der Waals surface area contributed by atoms with E-state index in [0.717, 1.165) is 12.2 Å². The molecule has 106 valence electrons. The number of hydrogen-bond donors (Lipinski definition) is 1. The summed E-state index contributed by atoms with van der Waals surface area (Å²) in [6.45, 7) is 6.27. The molecule has 4 nitrogen and oxygen atoms in total. The van der Waals surface area contributed by atoms with E-state index in [2.05, 4.69) is 28.7 Å². The van der Waals surface area contributed by atoms with Crippen molar-refractivity contribution in [2.45, 2.75) is 51.6 Å². The van der Waals surface area contributed by atoms with Crippen molar-refractivity contribution in [3.05, 3.63) is 24.3 Å². The zero-order valence-electron chi connectivity index (χ0n) is 12.1. The fraction of sp³-hybridized carbons (Fsp3) is 0.733. The van der Waals surface area contributed by atoms with Crippen molar-refractivity contribution in [2.75, 3.05) is 13.1 Å². The molecule has 0 aromatic carbocycles. The van der Waals surface area contributed by atoms with Crippen LogP contribution in [0.1, 0.15) is 51.3 Å². The minimum absolute atomic E-state index is 0.230. The third kappa shape index (κ3) is 3.74. The average Bonchev–Trinajstić information content (AvgIpc) is 2.93. The zero-order chi connectivity index (χ0) is 13.7. The molecule has 0 saturated heterocycles. The van der Waals surface area contributed by atoms with Crippen LogP contribution >= 0.6 is 0 Å². The number of aromatic nitrogens is 2. The van der Waals surface area contributed by atoms with Gasteiger partial charge in [-0.2, -0.15) is 0 Å². The highest BCUT2D eigenvalue weighted by molar-refractivity contribution is 5.07. The van der Waals surface area contributed by atoms with Gasteiger partial charge in [0.25, 0.3) is 0 Å². The summed E-state index contributed by atoms with van der Waals surface area (Å²) in [6.07, 6.45) is 8.73. The number of nitrogens with two attached hydrogens (primary N) is 1. The summed E-state index contributed by atoms with van der Waals surface area (Å²) < 4.78 is 0. The topological polar surface area (TPSA) is 55.0 Å². The summed E-state index contributed by atoms with van der Waals surface area (Å²) in [5, 5.41) is 0. The lowest BCUT2D eigenvalue weighted by Gasteiger charge is -2.36. The third-order valence-corrected chi connectivity index (χ3v) is 3.94. The van der Waals surface area contributed by atoms with Crippen LogP contribution in [-0.2, 0) is 0 Å². The van der Waals surface area contributed by atoms with Gasteiger partial charge < -0.3 is 5.73 Å². The van der Waals surface area contributed by atoms with E-state index in [1.54, 1.807) is 6.33 Å². The lowest BCUT2D eigenvalue weighted by molar-refractivity contribution is 0.119. The van der Waals surface area contributed by atoms with Gasteiger partial charge in [0.15, 0.2) is 0 Å². The van der Waals surface area contributed by atoms with Crippen LogP contribution in [0.25, 0.3) is 0 Å². The summed E-state index contributed by atoms with van der Waals surface area (Å²) in [5.74, 6) is 0.650. The molecule has 0 bridgehead atoms. The lowest BCUT2D eigenvalue weighted by Crippen LogP contribution is -2.42. The predicted octanol–water partition coefficient (Wildman–Crippen LogP) is 2.38. The van der Waals surface area contributed by atoms with E-state index < -0.39 is 0 Å². The van der Waals surface area contributed by atoms with E-state index in [1.165, 1.54) is 25.7 Å². The molecule has 19 heavy (non-hydrogen) atoms. The summed E-state index contributed by atoms with van der Waals surface area (Å²) >= 11 is 0. The van der Waals surface area contributed by atoms with Crippen LogP contribution in [-0.4, -0.2) is 34.0 Å². The molecule has 1 atom stereocenters. The molecule has 2 rings (SSSR count). The summed E-state index contributed by atoms with van der Waals surface area (Å²) in [4.78, 5) is 11.0. The first-order valence-corrected chi connectivity index (χ1v) is 7.44. The highest BCUT2D eigenvalue weighted by atomic mass is 15.2. The SMILES string of the molecule is CC(C)CN(C1CCCC1)C(CN)c1ccncn1. The Labute approximate surface area is 116 Å². The van der Waals surface area contributed by atoms with Gasteiger partial charge in [-0.1, -0.05) is 26.7 Å². The highest BCUT2D eigenvalue weighted by Gasteiger charge is 2.29.